The molecule has 0 aliphatic heterocycles. The van der Waals surface area contributed by atoms with Gasteiger partial charge in [0.2, 0.25) is 5.75 Å². The number of carbonyl (C=O) groups excluding carboxylic acids is 1. The first-order valence-corrected chi connectivity index (χ1v) is 8.92. The highest BCUT2D eigenvalue weighted by Gasteiger charge is 2.19. The molecule has 3 aromatic rings. The van der Waals surface area contributed by atoms with Crippen LogP contribution in [0.4, 0.5) is 5.69 Å². The third-order valence-corrected chi connectivity index (χ3v) is 3.93. The normalized spacial score (nSPS) is 10.8. The lowest BCUT2D eigenvalue weighted by atomic mass is 10.2. The molecular weight excluding hydrogens is 392 g/mol. The molecule has 0 fully saturated rings. The average Bonchev–Trinajstić information content (AvgIpc) is 2.74. The molecule has 2 aromatic carbocycles. The maximum Gasteiger partial charge on any atom is 0.315 e. The number of hydrogen-bond donors (Lipinski definition) is 2. The Morgan fingerprint density at radius 3 is 2.83 bits per heavy atom. The number of nitrogens with zero attached hydrogens (tertiary/aromatic N) is 3. The molecule has 10 nitrogen and oxygen atoms in total. The Balaban J connectivity index is 1.65. The van der Waals surface area contributed by atoms with E-state index in [4.69, 9.17) is 9.47 Å². The molecule has 10 heteroatoms. The summed E-state index contributed by atoms with van der Waals surface area (Å²) in [4.78, 5) is 26.6. The van der Waals surface area contributed by atoms with Crippen LogP contribution in [0.25, 0.3) is 10.9 Å². The van der Waals surface area contributed by atoms with Gasteiger partial charge in [0.25, 0.3) is 5.91 Å². The van der Waals surface area contributed by atoms with Crippen LogP contribution >= 0.6 is 0 Å². The number of amides is 1. The first-order chi connectivity index (χ1) is 14.5. The molecule has 154 valence electrons. The number of hydrazone groups is 1. The number of aromatic nitrogens is 1. The molecule has 0 radical (unpaired) electrons. The quantitative estimate of drug-likeness (QED) is 0.331. The number of phenolic OH excluding ortho intramolecular Hbond substituents is 1. The van der Waals surface area contributed by atoms with E-state index in [0.29, 0.717) is 11.3 Å². The number of rotatable bonds is 8. The zero-order valence-corrected chi connectivity index (χ0v) is 15.9. The van der Waals surface area contributed by atoms with Crippen molar-refractivity contribution < 1.29 is 24.3 Å². The summed E-state index contributed by atoms with van der Waals surface area (Å²) in [6, 6.07) is 11.6. The van der Waals surface area contributed by atoms with Crippen LogP contribution in [0.15, 0.2) is 53.8 Å². The van der Waals surface area contributed by atoms with E-state index in [1.54, 1.807) is 31.3 Å². The number of phenols is 1. The van der Waals surface area contributed by atoms with Crippen molar-refractivity contribution in [2.75, 3.05) is 13.2 Å². The molecule has 0 saturated carbocycles. The van der Waals surface area contributed by atoms with Gasteiger partial charge in [0, 0.05) is 23.2 Å². The lowest BCUT2D eigenvalue weighted by Gasteiger charge is -2.08. The summed E-state index contributed by atoms with van der Waals surface area (Å²) in [6.07, 6.45) is 2.83. The number of carbonyl (C=O) groups is 1. The maximum absolute atomic E-state index is 12.0. The lowest BCUT2D eigenvalue weighted by molar-refractivity contribution is -0.386. The molecule has 0 saturated heterocycles. The smallest absolute Gasteiger partial charge is 0.315 e. The van der Waals surface area contributed by atoms with Crippen molar-refractivity contribution in [3.05, 3.63) is 64.3 Å². The Morgan fingerprint density at radius 1 is 1.27 bits per heavy atom. The number of fused-ring (bicyclic) bond motifs is 1. The summed E-state index contributed by atoms with van der Waals surface area (Å²) in [7, 11) is 0. The van der Waals surface area contributed by atoms with Gasteiger partial charge in [-0.05, 0) is 25.1 Å². The Hall–Kier alpha value is -4.21. The second-order valence-corrected chi connectivity index (χ2v) is 5.99. The van der Waals surface area contributed by atoms with E-state index in [9.17, 15) is 20.0 Å². The molecule has 0 spiro atoms. The zero-order valence-electron chi connectivity index (χ0n) is 15.9. The van der Waals surface area contributed by atoms with Gasteiger partial charge in [-0.1, -0.05) is 18.2 Å². The molecule has 0 aliphatic carbocycles. The van der Waals surface area contributed by atoms with Crippen LogP contribution < -0.4 is 14.9 Å². The molecule has 0 bridgehead atoms. The monoisotopic (exact) mass is 410 g/mol. The van der Waals surface area contributed by atoms with Crippen LogP contribution in [-0.2, 0) is 4.79 Å². The molecule has 1 heterocycles. The van der Waals surface area contributed by atoms with Crippen molar-refractivity contribution in [2.24, 2.45) is 5.10 Å². The van der Waals surface area contributed by atoms with Crippen molar-refractivity contribution >= 4 is 28.7 Å². The van der Waals surface area contributed by atoms with Crippen LogP contribution in [0.2, 0.25) is 0 Å². The van der Waals surface area contributed by atoms with Crippen LogP contribution in [0.5, 0.6) is 17.2 Å². The van der Waals surface area contributed by atoms with E-state index < -0.39 is 22.3 Å². The number of nitro groups is 1. The largest absolute Gasteiger partial charge is 0.500 e. The van der Waals surface area contributed by atoms with Gasteiger partial charge in [0.05, 0.1) is 17.7 Å². The van der Waals surface area contributed by atoms with E-state index in [-0.39, 0.29) is 24.5 Å². The van der Waals surface area contributed by atoms with Gasteiger partial charge in [0.15, 0.2) is 12.4 Å². The minimum absolute atomic E-state index is 0.0498. The highest BCUT2D eigenvalue weighted by atomic mass is 16.6. The van der Waals surface area contributed by atoms with Gasteiger partial charge < -0.3 is 14.6 Å². The molecule has 0 unspecified atom stereocenters. The Labute approximate surface area is 170 Å². The van der Waals surface area contributed by atoms with Gasteiger partial charge in [-0.2, -0.15) is 5.10 Å². The number of benzene rings is 2. The van der Waals surface area contributed by atoms with Crippen molar-refractivity contribution in [1.82, 2.24) is 10.4 Å². The van der Waals surface area contributed by atoms with E-state index in [1.807, 2.05) is 12.1 Å². The predicted octanol–water partition coefficient (Wildman–Crippen LogP) is 2.78. The van der Waals surface area contributed by atoms with E-state index in [2.05, 4.69) is 15.5 Å². The second-order valence-electron chi connectivity index (χ2n) is 5.99. The highest BCUT2D eigenvalue weighted by Crippen LogP contribution is 2.36. The number of para-hydroxylation sites is 1. The Kier molecular flexibility index (Phi) is 6.38. The van der Waals surface area contributed by atoms with Gasteiger partial charge in [-0.15, -0.1) is 0 Å². The summed E-state index contributed by atoms with van der Waals surface area (Å²) in [5, 5.41) is 25.6. The Morgan fingerprint density at radius 2 is 2.07 bits per heavy atom. The lowest BCUT2D eigenvalue weighted by Crippen LogP contribution is -2.24. The summed E-state index contributed by atoms with van der Waals surface area (Å²) in [5.41, 5.74) is 2.65. The van der Waals surface area contributed by atoms with Crippen LogP contribution in [0, 0.1) is 10.1 Å². The number of nitro benzene ring substituents is 1. The maximum atomic E-state index is 12.0. The molecule has 0 aliphatic rings. The molecular formula is C20H18N4O6. The molecule has 2 N–H and O–H groups in total. The Bertz CT molecular complexity index is 1110. The molecule has 1 amide bonds. The summed E-state index contributed by atoms with van der Waals surface area (Å²) in [5.74, 6) is -0.688. The van der Waals surface area contributed by atoms with Gasteiger partial charge in [-0.25, -0.2) is 5.43 Å². The van der Waals surface area contributed by atoms with Crippen molar-refractivity contribution in [1.29, 1.82) is 0 Å². The van der Waals surface area contributed by atoms with E-state index in [1.165, 1.54) is 12.3 Å². The summed E-state index contributed by atoms with van der Waals surface area (Å²) < 4.78 is 10.7. The topological polar surface area (TPSA) is 136 Å². The number of ether oxygens (including phenoxy) is 2. The van der Waals surface area contributed by atoms with Gasteiger partial charge in [-0.3, -0.25) is 19.9 Å². The standard InChI is InChI=1S/C20H18N4O6/c1-2-29-17-10-13(9-15(20(17)26)24(27)28)11-22-23-18(25)12-30-16-7-3-5-14-6-4-8-21-19(14)16/h3-11,26H,2,12H2,1H3,(H,23,25)/b22-11+. The fourth-order valence-corrected chi connectivity index (χ4v) is 2.64. The predicted molar refractivity (Wildman–Crippen MR) is 109 cm³/mol. The van der Waals surface area contributed by atoms with Gasteiger partial charge >= 0.3 is 5.69 Å². The summed E-state index contributed by atoms with van der Waals surface area (Å²) in [6.45, 7) is 1.59. The number of pyridine rings is 1. The molecule has 0 atom stereocenters. The molecule has 30 heavy (non-hydrogen) atoms. The fourth-order valence-electron chi connectivity index (χ4n) is 2.64. The zero-order chi connectivity index (χ0) is 21.5. The minimum Gasteiger partial charge on any atom is -0.500 e. The van der Waals surface area contributed by atoms with Crippen molar-refractivity contribution in [2.45, 2.75) is 6.92 Å². The first kappa shape index (κ1) is 20.5. The van der Waals surface area contributed by atoms with Crippen molar-refractivity contribution in [3.8, 4) is 17.2 Å². The number of hydrogen-bond acceptors (Lipinski definition) is 8. The highest BCUT2D eigenvalue weighted by molar-refractivity contribution is 5.86. The minimum atomic E-state index is -0.736. The average molecular weight is 410 g/mol. The molecule has 1 aromatic heterocycles. The van der Waals surface area contributed by atoms with E-state index >= 15 is 0 Å². The fraction of sp³-hybridized carbons (Fsp3) is 0.150. The third-order valence-electron chi connectivity index (χ3n) is 3.93. The van der Waals surface area contributed by atoms with Crippen molar-refractivity contribution in [3.63, 3.8) is 0 Å². The number of aromatic hydroxyl groups is 1. The van der Waals surface area contributed by atoms with Crippen LogP contribution in [0.3, 0.4) is 0 Å². The number of nitrogens with one attached hydrogen (secondary N) is 1. The summed E-state index contributed by atoms with van der Waals surface area (Å²) >= 11 is 0. The van der Waals surface area contributed by atoms with Crippen LogP contribution in [-0.4, -0.2) is 40.3 Å². The van der Waals surface area contributed by atoms with Crippen LogP contribution in [0.1, 0.15) is 12.5 Å². The SMILES string of the molecule is CCOc1cc(/C=N/NC(=O)COc2cccc3cccnc23)cc([N+](=O)[O-])c1O. The third kappa shape index (κ3) is 4.79. The van der Waals surface area contributed by atoms with Gasteiger partial charge in [0.1, 0.15) is 11.3 Å². The van der Waals surface area contributed by atoms with E-state index in [0.717, 1.165) is 11.5 Å². The second kappa shape index (κ2) is 9.32. The molecule has 3 rings (SSSR count). The first-order valence-electron chi connectivity index (χ1n) is 8.92.